The van der Waals surface area contributed by atoms with Crippen LogP contribution in [0.15, 0.2) is 18.7 Å². The molecule has 110 valence electrons. The van der Waals surface area contributed by atoms with E-state index in [0.717, 1.165) is 32.2 Å². The number of rotatable bonds is 5. The van der Waals surface area contributed by atoms with Gasteiger partial charge in [0, 0.05) is 37.4 Å². The fourth-order valence-electron chi connectivity index (χ4n) is 2.64. The zero-order chi connectivity index (χ0) is 12.3. The van der Waals surface area contributed by atoms with Gasteiger partial charge in [0.25, 0.3) is 0 Å². The van der Waals surface area contributed by atoms with Gasteiger partial charge in [0.2, 0.25) is 5.91 Å². The van der Waals surface area contributed by atoms with Crippen LogP contribution >= 0.6 is 0 Å². The van der Waals surface area contributed by atoms with Crippen molar-refractivity contribution in [1.29, 1.82) is 0 Å². The second kappa shape index (κ2) is 7.97. The Morgan fingerprint density at radius 3 is 2.63 bits per heavy atom. The Kier molecular flexibility index (Phi) is 7.42. The van der Waals surface area contributed by atoms with E-state index in [1.807, 2.05) is 23.6 Å². The molecule has 0 N–H and O–H groups in total. The van der Waals surface area contributed by atoms with Crippen molar-refractivity contribution in [1.82, 2.24) is 14.5 Å². The fraction of sp³-hybridized carbons (Fsp3) is 0.733. The van der Waals surface area contributed by atoms with E-state index in [4.69, 9.17) is 0 Å². The molecule has 1 saturated heterocycles. The highest BCUT2D eigenvalue weighted by molar-refractivity contribution is 5.78. The summed E-state index contributed by atoms with van der Waals surface area (Å²) in [6.07, 6.45) is 9.52. The molecule has 4 heteroatoms. The number of aromatic nitrogens is 2. The van der Waals surface area contributed by atoms with Gasteiger partial charge in [0.05, 0.1) is 6.33 Å². The summed E-state index contributed by atoms with van der Waals surface area (Å²) in [6.45, 7) is 5.27. The number of hydrogen-bond acceptors (Lipinski definition) is 2. The van der Waals surface area contributed by atoms with Crippen LogP contribution in [-0.4, -0.2) is 32.9 Å². The summed E-state index contributed by atoms with van der Waals surface area (Å²) < 4.78 is 2.15. The minimum atomic E-state index is 0. The Morgan fingerprint density at radius 1 is 1.42 bits per heavy atom. The van der Waals surface area contributed by atoms with Crippen LogP contribution in [0.25, 0.3) is 0 Å². The Bertz CT molecular complexity index is 361. The zero-order valence-electron chi connectivity index (χ0n) is 10.7. The summed E-state index contributed by atoms with van der Waals surface area (Å²) in [7, 11) is 0. The van der Waals surface area contributed by atoms with Crippen LogP contribution < -0.4 is 0 Å². The lowest BCUT2D eigenvalue weighted by molar-refractivity contribution is -0.129. The summed E-state index contributed by atoms with van der Waals surface area (Å²) in [5.41, 5.74) is 0. The minimum absolute atomic E-state index is 0. The van der Waals surface area contributed by atoms with Crippen LogP contribution in [0.5, 0.6) is 0 Å². The molecular weight excluding hydrogens is 238 g/mol. The minimum Gasteiger partial charge on any atom is -0.340 e. The highest BCUT2D eigenvalue weighted by Gasteiger charge is 2.26. The van der Waals surface area contributed by atoms with Crippen LogP contribution in [0, 0.1) is 0 Å². The maximum absolute atomic E-state index is 11.7. The summed E-state index contributed by atoms with van der Waals surface area (Å²) in [5.74, 6) is 0.318. The molecule has 19 heavy (non-hydrogen) atoms. The molecule has 0 bridgehead atoms. The van der Waals surface area contributed by atoms with Crippen molar-refractivity contribution < 1.29 is 4.79 Å². The van der Waals surface area contributed by atoms with E-state index in [1.54, 1.807) is 0 Å². The lowest BCUT2D eigenvalue weighted by atomic mass is 10.0. The molecule has 1 aromatic rings. The zero-order valence-corrected chi connectivity index (χ0v) is 10.7. The van der Waals surface area contributed by atoms with Gasteiger partial charge in [-0.05, 0) is 26.2 Å². The molecule has 1 aliphatic heterocycles. The predicted octanol–water partition coefficient (Wildman–Crippen LogP) is 3.51. The molecule has 1 amide bonds. The van der Waals surface area contributed by atoms with E-state index in [0.29, 0.717) is 18.0 Å². The fourth-order valence-corrected chi connectivity index (χ4v) is 2.64. The molecule has 1 fully saturated rings. The Hall–Kier alpha value is -1.32. The van der Waals surface area contributed by atoms with E-state index in [2.05, 4.69) is 23.4 Å². The molecular formula is C15H29N3O. The third-order valence-electron chi connectivity index (χ3n) is 3.67. The topological polar surface area (TPSA) is 38.1 Å². The first-order chi connectivity index (χ1) is 8.22. The van der Waals surface area contributed by atoms with E-state index >= 15 is 0 Å². The maximum atomic E-state index is 11.7. The Morgan fingerprint density at radius 2 is 2.16 bits per heavy atom. The molecule has 2 atom stereocenters. The van der Waals surface area contributed by atoms with Crippen molar-refractivity contribution in [3.8, 4) is 0 Å². The summed E-state index contributed by atoms with van der Waals surface area (Å²) in [6, 6.07) is 0.776. The Balaban J connectivity index is 0.00000162. The molecule has 0 radical (unpaired) electrons. The lowest BCUT2D eigenvalue weighted by Gasteiger charge is -2.28. The van der Waals surface area contributed by atoms with Crippen LogP contribution in [0.2, 0.25) is 0 Å². The van der Waals surface area contributed by atoms with Crippen molar-refractivity contribution in [2.24, 2.45) is 0 Å². The van der Waals surface area contributed by atoms with Crippen LogP contribution in [-0.2, 0) is 4.79 Å². The van der Waals surface area contributed by atoms with E-state index in [9.17, 15) is 4.79 Å². The molecule has 1 aliphatic rings. The van der Waals surface area contributed by atoms with E-state index in [1.165, 1.54) is 0 Å². The van der Waals surface area contributed by atoms with Gasteiger partial charge in [-0.15, -0.1) is 0 Å². The number of carbonyl (C=O) groups excluding carboxylic acids is 1. The van der Waals surface area contributed by atoms with Gasteiger partial charge >= 0.3 is 0 Å². The molecule has 2 rings (SSSR count). The average Bonchev–Trinajstić information content (AvgIpc) is 2.96. The van der Waals surface area contributed by atoms with Crippen molar-refractivity contribution >= 4 is 5.91 Å². The molecule has 1 aromatic heterocycles. The molecule has 2 heterocycles. The number of amides is 1. The molecule has 0 saturated carbocycles. The number of carbonyl (C=O) groups is 1. The number of likely N-dealkylation sites (tertiary alicyclic amines) is 1. The molecule has 4 nitrogen and oxygen atoms in total. The quantitative estimate of drug-likeness (QED) is 0.819. The van der Waals surface area contributed by atoms with Gasteiger partial charge in [-0.3, -0.25) is 4.79 Å². The van der Waals surface area contributed by atoms with Gasteiger partial charge < -0.3 is 9.47 Å². The van der Waals surface area contributed by atoms with Gasteiger partial charge in [0.1, 0.15) is 0 Å². The summed E-state index contributed by atoms with van der Waals surface area (Å²) in [4.78, 5) is 17.8. The van der Waals surface area contributed by atoms with Gasteiger partial charge in [0.15, 0.2) is 0 Å². The monoisotopic (exact) mass is 267 g/mol. The SMILES string of the molecule is C.C.CCC(CC(C)N1CCCC1=O)n1ccnc1. The summed E-state index contributed by atoms with van der Waals surface area (Å²) in [5, 5.41) is 0. The highest BCUT2D eigenvalue weighted by Crippen LogP contribution is 2.23. The second-order valence-electron chi connectivity index (χ2n) is 4.85. The molecule has 0 aromatic carbocycles. The van der Waals surface area contributed by atoms with E-state index in [-0.39, 0.29) is 14.9 Å². The maximum Gasteiger partial charge on any atom is 0.222 e. The first-order valence-corrected chi connectivity index (χ1v) is 6.49. The lowest BCUT2D eigenvalue weighted by Crippen LogP contribution is -2.35. The van der Waals surface area contributed by atoms with E-state index < -0.39 is 0 Å². The second-order valence-corrected chi connectivity index (χ2v) is 4.85. The first-order valence-electron chi connectivity index (χ1n) is 6.49. The van der Waals surface area contributed by atoms with Crippen LogP contribution in [0.1, 0.15) is 60.4 Å². The third-order valence-corrected chi connectivity index (χ3v) is 3.67. The van der Waals surface area contributed by atoms with Crippen LogP contribution in [0.3, 0.4) is 0 Å². The molecule has 0 aliphatic carbocycles. The van der Waals surface area contributed by atoms with Crippen molar-refractivity contribution in [2.45, 2.75) is 66.5 Å². The first kappa shape index (κ1) is 17.7. The summed E-state index contributed by atoms with van der Waals surface area (Å²) >= 11 is 0. The number of hydrogen-bond donors (Lipinski definition) is 0. The average molecular weight is 267 g/mol. The predicted molar refractivity (Wildman–Crippen MR) is 80.0 cm³/mol. The van der Waals surface area contributed by atoms with Gasteiger partial charge in [-0.25, -0.2) is 4.98 Å². The smallest absolute Gasteiger partial charge is 0.222 e. The van der Waals surface area contributed by atoms with Gasteiger partial charge in [-0.2, -0.15) is 0 Å². The number of imidazole rings is 1. The van der Waals surface area contributed by atoms with Crippen LogP contribution in [0.4, 0.5) is 0 Å². The number of nitrogens with zero attached hydrogens (tertiary/aromatic N) is 3. The Labute approximate surface area is 117 Å². The highest BCUT2D eigenvalue weighted by atomic mass is 16.2. The van der Waals surface area contributed by atoms with Crippen molar-refractivity contribution in [3.05, 3.63) is 18.7 Å². The van der Waals surface area contributed by atoms with Gasteiger partial charge in [-0.1, -0.05) is 21.8 Å². The molecule has 0 spiro atoms. The third kappa shape index (κ3) is 4.08. The van der Waals surface area contributed by atoms with Crippen molar-refractivity contribution in [2.75, 3.05) is 6.54 Å². The normalized spacial score (nSPS) is 17.6. The van der Waals surface area contributed by atoms with Crippen molar-refractivity contribution in [3.63, 3.8) is 0 Å². The standard InChI is InChI=1S/C13H21N3O.2CH4/c1-3-12(15-8-6-14-10-15)9-11(2)16-7-4-5-13(16)17;;/h6,8,10-12H,3-5,7,9H2,1-2H3;2*1H4. The largest absolute Gasteiger partial charge is 0.340 e. The molecule has 2 unspecified atom stereocenters.